The van der Waals surface area contributed by atoms with Gasteiger partial charge in [-0.25, -0.2) is 4.79 Å². The molecule has 23 heavy (non-hydrogen) atoms. The Hall–Kier alpha value is -2.37. The standard InChI is InChI=1S/C17H21NO5/c1-4-12(17(21)22-6-3)18-13-9-11(14(19)5-2)7-8-15(13)23-10-16(18)20/h7-9,12H,4-6,10H2,1-3H3. The average molecular weight is 319 g/mol. The zero-order valence-corrected chi connectivity index (χ0v) is 13.6. The number of amides is 1. The SMILES string of the molecule is CCOC(=O)C(CC)N1C(=O)COc2ccc(C(=O)CC)cc21. The zero-order chi connectivity index (χ0) is 17.0. The normalized spacial score (nSPS) is 14.7. The molecule has 0 radical (unpaired) electrons. The Morgan fingerprint density at radius 2 is 2.04 bits per heavy atom. The first-order valence-corrected chi connectivity index (χ1v) is 7.82. The van der Waals surface area contributed by atoms with Gasteiger partial charge in [0.15, 0.2) is 12.4 Å². The van der Waals surface area contributed by atoms with Crippen LogP contribution in [0.4, 0.5) is 5.69 Å². The molecule has 1 aromatic rings. The van der Waals surface area contributed by atoms with Crippen molar-refractivity contribution in [3.63, 3.8) is 0 Å². The van der Waals surface area contributed by atoms with Gasteiger partial charge in [-0.05, 0) is 31.5 Å². The number of anilines is 1. The molecule has 0 saturated heterocycles. The van der Waals surface area contributed by atoms with Crippen molar-refractivity contribution >= 4 is 23.3 Å². The Morgan fingerprint density at radius 1 is 1.30 bits per heavy atom. The molecule has 1 unspecified atom stereocenters. The van der Waals surface area contributed by atoms with Crippen LogP contribution in [0.3, 0.4) is 0 Å². The summed E-state index contributed by atoms with van der Waals surface area (Å²) in [6.45, 7) is 5.41. The fourth-order valence-electron chi connectivity index (χ4n) is 2.58. The number of hydrogen-bond donors (Lipinski definition) is 0. The second-order valence-corrected chi connectivity index (χ2v) is 5.19. The number of hydrogen-bond acceptors (Lipinski definition) is 5. The van der Waals surface area contributed by atoms with Crippen molar-refractivity contribution in [3.05, 3.63) is 23.8 Å². The molecule has 2 rings (SSSR count). The summed E-state index contributed by atoms with van der Waals surface area (Å²) in [5, 5.41) is 0. The molecule has 0 saturated carbocycles. The molecular formula is C17H21NO5. The molecule has 1 aliphatic rings. The summed E-state index contributed by atoms with van der Waals surface area (Å²) in [6.07, 6.45) is 0.776. The Bertz CT molecular complexity index is 625. The van der Waals surface area contributed by atoms with Crippen LogP contribution in [0.15, 0.2) is 18.2 Å². The maximum atomic E-state index is 12.3. The van der Waals surface area contributed by atoms with E-state index in [0.717, 1.165) is 0 Å². The van der Waals surface area contributed by atoms with Crippen molar-refractivity contribution < 1.29 is 23.9 Å². The summed E-state index contributed by atoms with van der Waals surface area (Å²) in [4.78, 5) is 37.8. The summed E-state index contributed by atoms with van der Waals surface area (Å²) < 4.78 is 10.5. The molecule has 0 N–H and O–H groups in total. The topological polar surface area (TPSA) is 72.9 Å². The minimum absolute atomic E-state index is 0.0324. The number of benzene rings is 1. The van der Waals surface area contributed by atoms with E-state index in [1.54, 1.807) is 32.0 Å². The van der Waals surface area contributed by atoms with Gasteiger partial charge in [0.25, 0.3) is 5.91 Å². The van der Waals surface area contributed by atoms with Gasteiger partial charge in [-0.15, -0.1) is 0 Å². The fourth-order valence-corrected chi connectivity index (χ4v) is 2.58. The van der Waals surface area contributed by atoms with E-state index in [1.807, 2.05) is 6.92 Å². The number of rotatable bonds is 6. The number of nitrogens with zero attached hydrogens (tertiary/aromatic N) is 1. The highest BCUT2D eigenvalue weighted by atomic mass is 16.5. The molecule has 0 aromatic heterocycles. The highest BCUT2D eigenvalue weighted by Gasteiger charge is 2.36. The van der Waals surface area contributed by atoms with Crippen molar-refractivity contribution in [2.45, 2.75) is 39.7 Å². The number of carbonyl (C=O) groups is 3. The average Bonchev–Trinajstić information content (AvgIpc) is 2.56. The Kier molecular flexibility index (Phi) is 5.36. The van der Waals surface area contributed by atoms with E-state index in [9.17, 15) is 14.4 Å². The molecule has 0 aliphatic carbocycles. The number of esters is 1. The fraction of sp³-hybridized carbons (Fsp3) is 0.471. The van der Waals surface area contributed by atoms with Crippen LogP contribution >= 0.6 is 0 Å². The lowest BCUT2D eigenvalue weighted by Crippen LogP contribution is -2.49. The van der Waals surface area contributed by atoms with Gasteiger partial charge in [-0.3, -0.25) is 14.5 Å². The van der Waals surface area contributed by atoms with E-state index in [0.29, 0.717) is 29.8 Å². The molecule has 0 bridgehead atoms. The third kappa shape index (κ3) is 3.36. The molecule has 1 aromatic carbocycles. The van der Waals surface area contributed by atoms with Gasteiger partial charge in [0.2, 0.25) is 0 Å². The minimum Gasteiger partial charge on any atom is -0.482 e. The summed E-state index contributed by atoms with van der Waals surface area (Å²) in [5.41, 5.74) is 0.939. The Morgan fingerprint density at radius 3 is 2.65 bits per heavy atom. The molecule has 124 valence electrons. The van der Waals surface area contributed by atoms with Crippen LogP contribution in [0.25, 0.3) is 0 Å². The van der Waals surface area contributed by atoms with Crippen molar-refractivity contribution in [2.24, 2.45) is 0 Å². The number of ketones is 1. The van der Waals surface area contributed by atoms with Crippen LogP contribution < -0.4 is 9.64 Å². The highest BCUT2D eigenvalue weighted by molar-refractivity contribution is 6.05. The molecule has 1 amide bonds. The molecule has 1 heterocycles. The lowest BCUT2D eigenvalue weighted by atomic mass is 10.0. The largest absolute Gasteiger partial charge is 0.482 e. The van der Waals surface area contributed by atoms with Crippen LogP contribution in [-0.4, -0.2) is 36.9 Å². The van der Waals surface area contributed by atoms with E-state index < -0.39 is 12.0 Å². The van der Waals surface area contributed by atoms with Crippen molar-refractivity contribution in [3.8, 4) is 5.75 Å². The van der Waals surface area contributed by atoms with Crippen LogP contribution in [-0.2, 0) is 14.3 Å². The minimum atomic E-state index is -0.725. The van der Waals surface area contributed by atoms with Gasteiger partial charge in [0.1, 0.15) is 11.8 Å². The quantitative estimate of drug-likeness (QED) is 0.594. The molecule has 1 atom stereocenters. The summed E-state index contributed by atoms with van der Waals surface area (Å²) >= 11 is 0. The first kappa shape index (κ1) is 17.0. The number of Topliss-reactive ketones (excluding diaryl/α,β-unsaturated/α-hetero) is 1. The second-order valence-electron chi connectivity index (χ2n) is 5.19. The number of fused-ring (bicyclic) bond motifs is 1. The number of ether oxygens (including phenoxy) is 2. The highest BCUT2D eigenvalue weighted by Crippen LogP contribution is 2.35. The number of carbonyl (C=O) groups excluding carboxylic acids is 3. The maximum Gasteiger partial charge on any atom is 0.329 e. The van der Waals surface area contributed by atoms with Crippen LogP contribution in [0.5, 0.6) is 5.75 Å². The molecule has 0 spiro atoms. The van der Waals surface area contributed by atoms with E-state index in [2.05, 4.69) is 0 Å². The molecular weight excluding hydrogens is 298 g/mol. The van der Waals surface area contributed by atoms with Crippen LogP contribution in [0.1, 0.15) is 44.0 Å². The van der Waals surface area contributed by atoms with Crippen molar-refractivity contribution in [1.82, 2.24) is 0 Å². The van der Waals surface area contributed by atoms with E-state index in [1.165, 1.54) is 4.90 Å². The third-order valence-electron chi connectivity index (χ3n) is 3.74. The maximum absolute atomic E-state index is 12.3. The van der Waals surface area contributed by atoms with Gasteiger partial charge in [0.05, 0.1) is 12.3 Å². The van der Waals surface area contributed by atoms with E-state index in [-0.39, 0.29) is 24.9 Å². The summed E-state index contributed by atoms with van der Waals surface area (Å²) in [7, 11) is 0. The lowest BCUT2D eigenvalue weighted by molar-refractivity contribution is -0.146. The van der Waals surface area contributed by atoms with Crippen molar-refractivity contribution in [1.29, 1.82) is 0 Å². The van der Waals surface area contributed by atoms with Gasteiger partial charge in [-0.1, -0.05) is 13.8 Å². The van der Waals surface area contributed by atoms with E-state index >= 15 is 0 Å². The molecule has 6 heteroatoms. The second kappa shape index (κ2) is 7.26. The first-order chi connectivity index (χ1) is 11.0. The lowest BCUT2D eigenvalue weighted by Gasteiger charge is -2.34. The smallest absolute Gasteiger partial charge is 0.329 e. The van der Waals surface area contributed by atoms with Gasteiger partial charge in [0, 0.05) is 12.0 Å². The molecule has 1 aliphatic heterocycles. The molecule has 6 nitrogen and oxygen atoms in total. The zero-order valence-electron chi connectivity index (χ0n) is 13.6. The predicted molar refractivity (Wildman–Crippen MR) is 84.8 cm³/mol. The van der Waals surface area contributed by atoms with Gasteiger partial charge in [-0.2, -0.15) is 0 Å². The first-order valence-electron chi connectivity index (χ1n) is 7.82. The van der Waals surface area contributed by atoms with Crippen LogP contribution in [0.2, 0.25) is 0 Å². The van der Waals surface area contributed by atoms with Gasteiger partial charge < -0.3 is 9.47 Å². The Labute approximate surface area is 135 Å². The Balaban J connectivity index is 2.46. The summed E-state index contributed by atoms with van der Waals surface area (Å²) in [5.74, 6) is -0.322. The predicted octanol–water partition coefficient (Wildman–Crippen LogP) is 2.35. The van der Waals surface area contributed by atoms with Crippen molar-refractivity contribution in [2.75, 3.05) is 18.1 Å². The third-order valence-corrected chi connectivity index (χ3v) is 3.74. The van der Waals surface area contributed by atoms with Gasteiger partial charge >= 0.3 is 5.97 Å². The van der Waals surface area contributed by atoms with E-state index in [4.69, 9.17) is 9.47 Å². The monoisotopic (exact) mass is 319 g/mol. The van der Waals surface area contributed by atoms with Crippen LogP contribution in [0, 0.1) is 0 Å². The molecule has 0 fully saturated rings. The summed E-state index contributed by atoms with van der Waals surface area (Å²) in [6, 6.07) is 4.22.